The molecule has 0 saturated carbocycles. The second kappa shape index (κ2) is 25.0. The first-order valence-corrected chi connectivity index (χ1v) is 47.5. The van der Waals surface area contributed by atoms with Crippen molar-refractivity contribution in [1.29, 1.82) is 0 Å². The summed E-state index contributed by atoms with van der Waals surface area (Å²) < 4.78 is 5.34. The molecule has 12 heterocycles. The van der Waals surface area contributed by atoms with Crippen molar-refractivity contribution in [1.82, 2.24) is 8.88 Å². The van der Waals surface area contributed by atoms with E-state index in [1.54, 1.807) is 0 Å². The molecule has 0 atom stereocenters. The molecule has 9 heteroatoms. The van der Waals surface area contributed by atoms with Crippen molar-refractivity contribution in [3.05, 3.63) is 419 Å². The molecule has 3 aromatic heterocycles. The van der Waals surface area contributed by atoms with E-state index in [9.17, 15) is 0 Å². The van der Waals surface area contributed by atoms with E-state index >= 15 is 0 Å². The van der Waals surface area contributed by atoms with E-state index in [1.807, 2.05) is 0 Å². The van der Waals surface area contributed by atoms with Crippen molar-refractivity contribution >= 4 is 267 Å². The highest BCUT2D eigenvalue weighted by Gasteiger charge is 2.52. The quantitative estimate of drug-likeness (QED) is 0.126. The topological polar surface area (TPSA) is 22.3 Å². The zero-order valence-electron chi connectivity index (χ0n) is 72.8. The van der Waals surface area contributed by atoms with Crippen molar-refractivity contribution in [2.24, 2.45) is 0 Å². The minimum atomic E-state index is 0.0424. The number of nitrogens with zero attached hydrogens (tertiary/aromatic N) is 6. The zero-order valence-corrected chi connectivity index (χ0v) is 72.8. The smallest absolute Gasteiger partial charge is 0.333 e. The molecule has 0 radical (unpaired) electrons. The summed E-state index contributed by atoms with van der Waals surface area (Å²) >= 11 is 0. The third-order valence-electron chi connectivity index (χ3n) is 32.5. The number of hydrogen-bond acceptors (Lipinski definition) is 4. The van der Waals surface area contributed by atoms with Gasteiger partial charge in [0.2, 0.25) is 0 Å². The summed E-state index contributed by atoms with van der Waals surface area (Å²) in [6.45, 7) is 0.330. The van der Waals surface area contributed by atoms with Gasteiger partial charge in [0.1, 0.15) is 0 Å². The first-order chi connectivity index (χ1) is 67.1. The largest absolute Gasteiger partial charge is 0.376 e. The van der Waals surface area contributed by atoms with Crippen LogP contribution in [0.25, 0.3) is 224 Å². The maximum atomic E-state index is 2.70. The summed E-state index contributed by atoms with van der Waals surface area (Å²) in [5.41, 5.74) is 43.8. The van der Waals surface area contributed by atoms with E-state index < -0.39 is 0 Å². The highest BCUT2D eigenvalue weighted by Crippen LogP contribution is 2.59. The fourth-order valence-corrected chi connectivity index (χ4v) is 27.6. The molecule has 0 spiro atoms. The average Bonchev–Trinajstić information content (AvgIpc) is 1.48. The molecule has 135 heavy (non-hydrogen) atoms. The monoisotopic (exact) mass is 1700 g/mol. The SMILES string of the molecule is c1ccc(-c2cc3c4ccc5c6c4n4c7c8c(ccc7c(c2)c34)-c2cccc3c4cccc-5c4n(c23)B68)cc1.c1ccc(-c2ccc(N3c4ccc5c6ccccc6c6cccc7c6c5c4B4c5c3ccc3c6ccccc6c6cccc(c6c53)N47)cc2)cc1.c1ccc(-c2cccc(N3c4cccc5c4B4c6c3ccc3c7ccccc7c7cccc(c7c63)N4c3ccccc3-5)c2)cc1. The molecule has 36 rings (SSSR count). The van der Waals surface area contributed by atoms with Crippen LogP contribution in [0, 0.1) is 0 Å². The van der Waals surface area contributed by atoms with Gasteiger partial charge in [-0.3, -0.25) is 0 Å². The lowest BCUT2D eigenvalue weighted by atomic mass is 9.41. The molecule has 24 aromatic carbocycles. The van der Waals surface area contributed by atoms with Crippen molar-refractivity contribution in [3.8, 4) is 66.8 Å². The van der Waals surface area contributed by atoms with E-state index in [4.69, 9.17) is 0 Å². The van der Waals surface area contributed by atoms with Crippen LogP contribution in [0.4, 0.5) is 56.9 Å². The van der Waals surface area contributed by atoms with Gasteiger partial charge in [-0.05, 0) is 249 Å². The molecule has 6 nitrogen and oxygen atoms in total. The van der Waals surface area contributed by atoms with Gasteiger partial charge in [0.05, 0.1) is 16.6 Å². The molecule has 0 amide bonds. The van der Waals surface area contributed by atoms with Gasteiger partial charge >= 0.3 is 20.5 Å². The molecule has 0 fully saturated rings. The van der Waals surface area contributed by atoms with Crippen LogP contribution >= 0.6 is 0 Å². The zero-order chi connectivity index (χ0) is 86.9. The Morgan fingerprint density at radius 2 is 0.474 bits per heavy atom. The van der Waals surface area contributed by atoms with Crippen LogP contribution in [0.15, 0.2) is 419 Å². The Hall–Kier alpha value is -17.4. The standard InChI is InChI=1S/C48H27BN2.C42H25BN2.C36H17BN2/c1-2-10-28(11-3-1)29-20-22-30(23-21-29)50-41-26-24-37-33-14-6-4-12-31(33)35-16-8-18-39-43(35)45(37)47(41)49-48-42(50)27-25-38-34-15-7-5-13-32(34)36-17-9-19-40(51(39)49)44(36)46(38)48;1-2-11-26(12-3-1)27-13-8-14-28(25-27)44-37-22-10-19-34-31-17-6-7-20-35(31)45-36-21-9-18-32-29-15-4-5-16-30(29)33-23-24-38(44)42(40(33)39(32)36)43(45)41(34)37;1-2-6-18(7-3-1)19-16-28-26-14-12-20-22-8-4-10-24-25-11-5-9-23-21-13-15-27-29(17-19)32(28)38-35(26)30(20)37(31(21)36(27)38)39(33(22)24)34(23)25/h1-27H;1-25H;1-17H. The summed E-state index contributed by atoms with van der Waals surface area (Å²) in [6, 6.07) is 157. The van der Waals surface area contributed by atoms with Gasteiger partial charge in [0.15, 0.2) is 0 Å². The summed E-state index contributed by atoms with van der Waals surface area (Å²) in [6.07, 6.45) is 0. The predicted octanol–water partition coefficient (Wildman–Crippen LogP) is 29.0. The van der Waals surface area contributed by atoms with Crippen LogP contribution < -0.4 is 52.2 Å². The molecular weight excluding hydrogens is 1630 g/mol. The highest BCUT2D eigenvalue weighted by atomic mass is 15.2. The summed E-state index contributed by atoms with van der Waals surface area (Å²) in [4.78, 5) is 10.4. The highest BCUT2D eigenvalue weighted by molar-refractivity contribution is 6.99. The normalized spacial score (nSPS) is 13.8. The maximum Gasteiger partial charge on any atom is 0.333 e. The second-order valence-electron chi connectivity index (χ2n) is 38.4. The van der Waals surface area contributed by atoms with Crippen molar-refractivity contribution in [2.45, 2.75) is 0 Å². The lowest BCUT2D eigenvalue weighted by Crippen LogP contribution is -2.62. The maximum absolute atomic E-state index is 2.70. The summed E-state index contributed by atoms with van der Waals surface area (Å²) in [7, 11) is 0. The van der Waals surface area contributed by atoms with Gasteiger partial charge in [0, 0.05) is 133 Å². The fourth-order valence-electron chi connectivity index (χ4n) is 27.6. The lowest BCUT2D eigenvalue weighted by molar-refractivity contribution is 1.27. The third-order valence-corrected chi connectivity index (χ3v) is 32.5. The Labute approximate surface area is 775 Å². The number of anilines is 10. The van der Waals surface area contributed by atoms with Crippen LogP contribution in [-0.4, -0.2) is 29.4 Å². The first-order valence-electron chi connectivity index (χ1n) is 47.5. The molecule has 0 aliphatic carbocycles. The van der Waals surface area contributed by atoms with E-state index in [1.165, 1.54) is 313 Å². The Bertz CT molecular complexity index is 9940. The number of para-hydroxylation sites is 3. The van der Waals surface area contributed by atoms with E-state index in [2.05, 4.69) is 447 Å². The molecule has 9 aliphatic rings. The molecule has 27 aromatic rings. The number of rotatable bonds is 5. The van der Waals surface area contributed by atoms with Crippen molar-refractivity contribution in [2.75, 3.05) is 19.4 Å². The number of fused-ring (bicyclic) bond motifs is 20. The third kappa shape index (κ3) is 8.54. The molecular formula is C126H69B3N6. The second-order valence-corrected chi connectivity index (χ2v) is 38.4. The average molecular weight is 1700 g/mol. The number of benzene rings is 24. The molecule has 0 unspecified atom stereocenters. The van der Waals surface area contributed by atoms with E-state index in [-0.39, 0.29) is 20.5 Å². The Morgan fingerprint density at radius 3 is 0.978 bits per heavy atom. The molecule has 9 aliphatic heterocycles. The fraction of sp³-hybridized carbons (Fsp3) is 0. The summed E-state index contributed by atoms with van der Waals surface area (Å²) in [5, 5.41) is 32.4. The van der Waals surface area contributed by atoms with Crippen molar-refractivity contribution < 1.29 is 0 Å². The molecule has 0 saturated heterocycles. The minimum absolute atomic E-state index is 0.0424. The van der Waals surface area contributed by atoms with Gasteiger partial charge < -0.3 is 28.3 Å². The summed E-state index contributed by atoms with van der Waals surface area (Å²) in [5.74, 6) is 0. The molecule has 612 valence electrons. The van der Waals surface area contributed by atoms with Crippen LogP contribution in [0.5, 0.6) is 0 Å². The lowest BCUT2D eigenvalue weighted by Gasteiger charge is -2.48. The van der Waals surface area contributed by atoms with Crippen molar-refractivity contribution in [3.63, 3.8) is 0 Å². The Kier molecular flexibility index (Phi) is 13.1. The predicted molar refractivity (Wildman–Crippen MR) is 575 cm³/mol. The van der Waals surface area contributed by atoms with E-state index in [0.717, 1.165) is 0 Å². The van der Waals surface area contributed by atoms with Gasteiger partial charge in [-0.25, -0.2) is 0 Å². The van der Waals surface area contributed by atoms with Gasteiger partial charge in [0.25, 0.3) is 0 Å². The molecule has 0 bridgehead atoms. The van der Waals surface area contributed by atoms with Gasteiger partial charge in [-0.15, -0.1) is 0 Å². The Morgan fingerprint density at radius 1 is 0.148 bits per heavy atom. The van der Waals surface area contributed by atoms with Crippen LogP contribution in [0.1, 0.15) is 0 Å². The number of hydrogen-bond donors (Lipinski definition) is 0. The minimum Gasteiger partial charge on any atom is -0.376 e. The van der Waals surface area contributed by atoms with Gasteiger partial charge in [-0.2, -0.15) is 0 Å². The Balaban J connectivity index is 0.0000000903. The van der Waals surface area contributed by atoms with Gasteiger partial charge in [-0.1, -0.05) is 334 Å². The van der Waals surface area contributed by atoms with Crippen LogP contribution in [-0.2, 0) is 0 Å². The number of aromatic nitrogens is 2. The van der Waals surface area contributed by atoms with Crippen LogP contribution in [0.2, 0.25) is 0 Å². The first kappa shape index (κ1) is 70.5. The van der Waals surface area contributed by atoms with E-state index in [0.29, 0.717) is 0 Å². The molecule has 0 N–H and O–H groups in total. The van der Waals surface area contributed by atoms with Crippen LogP contribution in [0.3, 0.4) is 0 Å².